The molecule has 0 aliphatic rings. The standard InChI is InChI=1S/C15H25BNO7S/c17-4-6-22-11-14-2-1-13(25-14)3-5-21-7-8-23-10-12(24-16-20)9-15(18)19/h1-2,12,20H,3-11,17H2,(H,18,19)/t12-/m0/s1. The maximum absolute atomic E-state index is 10.6. The number of hydrogen-bond acceptors (Lipinski definition) is 8. The average molecular weight is 374 g/mol. The third-order valence-corrected chi connectivity index (χ3v) is 4.17. The van der Waals surface area contributed by atoms with Gasteiger partial charge in [0.05, 0.1) is 52.2 Å². The predicted molar refractivity (Wildman–Crippen MR) is 93.5 cm³/mol. The lowest BCUT2D eigenvalue weighted by Crippen LogP contribution is -2.26. The number of nitrogens with two attached hydrogens (primary N) is 1. The topological polar surface area (TPSA) is 120 Å². The summed E-state index contributed by atoms with van der Waals surface area (Å²) in [5.41, 5.74) is 5.37. The molecule has 1 radical (unpaired) electrons. The largest absolute Gasteiger partial charge is 0.485 e. The Morgan fingerprint density at radius 1 is 1.16 bits per heavy atom. The molecule has 25 heavy (non-hydrogen) atoms. The zero-order valence-corrected chi connectivity index (χ0v) is 14.9. The molecule has 0 aliphatic carbocycles. The highest BCUT2D eigenvalue weighted by atomic mass is 32.1. The summed E-state index contributed by atoms with van der Waals surface area (Å²) in [5, 5.41) is 17.2. The van der Waals surface area contributed by atoms with Gasteiger partial charge >= 0.3 is 13.7 Å². The smallest absolute Gasteiger partial charge is 0.481 e. The van der Waals surface area contributed by atoms with Gasteiger partial charge in [-0.05, 0) is 12.1 Å². The van der Waals surface area contributed by atoms with Crippen LogP contribution < -0.4 is 5.73 Å². The molecule has 0 saturated carbocycles. The molecule has 1 rings (SSSR count). The summed E-state index contributed by atoms with van der Waals surface area (Å²) in [6.45, 7) is 3.05. The number of ether oxygens (including phenoxy) is 3. The number of thiophene rings is 1. The van der Waals surface area contributed by atoms with E-state index < -0.39 is 12.1 Å². The Bertz CT molecular complexity index is 474. The third-order valence-electron chi connectivity index (χ3n) is 3.05. The van der Waals surface area contributed by atoms with E-state index in [1.54, 1.807) is 11.3 Å². The van der Waals surface area contributed by atoms with Gasteiger partial charge in [-0.1, -0.05) is 0 Å². The molecular formula is C15H25BNO7S. The van der Waals surface area contributed by atoms with E-state index in [0.717, 1.165) is 11.3 Å². The summed E-state index contributed by atoms with van der Waals surface area (Å²) < 4.78 is 20.9. The second kappa shape index (κ2) is 14.2. The van der Waals surface area contributed by atoms with Gasteiger partial charge in [0.1, 0.15) is 0 Å². The Kier molecular flexibility index (Phi) is 12.5. The summed E-state index contributed by atoms with van der Waals surface area (Å²) in [4.78, 5) is 13.0. The minimum absolute atomic E-state index is 0.0732. The molecule has 0 aliphatic heterocycles. The van der Waals surface area contributed by atoms with Gasteiger partial charge in [0.15, 0.2) is 0 Å². The van der Waals surface area contributed by atoms with Crippen LogP contribution in [-0.4, -0.2) is 69.5 Å². The SMILES string of the molecule is NCCOCc1ccc(CCOCCOC[C@H](CC(=O)O)O[B]O)s1. The van der Waals surface area contributed by atoms with E-state index in [-0.39, 0.29) is 13.0 Å². The van der Waals surface area contributed by atoms with Crippen molar-refractivity contribution in [3.05, 3.63) is 21.9 Å². The number of hydrogen-bond donors (Lipinski definition) is 3. The second-order valence-electron chi connectivity index (χ2n) is 5.11. The van der Waals surface area contributed by atoms with Crippen LogP contribution >= 0.6 is 11.3 Å². The lowest BCUT2D eigenvalue weighted by molar-refractivity contribution is -0.139. The monoisotopic (exact) mass is 374 g/mol. The molecular weight excluding hydrogens is 349 g/mol. The Hall–Kier alpha value is -1.01. The Morgan fingerprint density at radius 2 is 1.92 bits per heavy atom. The van der Waals surface area contributed by atoms with Gasteiger partial charge in [-0.25, -0.2) is 0 Å². The quantitative estimate of drug-likeness (QED) is 0.277. The van der Waals surface area contributed by atoms with Crippen molar-refractivity contribution in [1.29, 1.82) is 0 Å². The van der Waals surface area contributed by atoms with Gasteiger partial charge in [-0.3, -0.25) is 4.79 Å². The highest BCUT2D eigenvalue weighted by molar-refractivity contribution is 7.11. The first-order valence-corrected chi connectivity index (χ1v) is 8.81. The first-order valence-electron chi connectivity index (χ1n) is 7.99. The summed E-state index contributed by atoms with van der Waals surface area (Å²) >= 11 is 1.69. The van der Waals surface area contributed by atoms with Crippen LogP contribution in [0.2, 0.25) is 0 Å². The van der Waals surface area contributed by atoms with Crippen LogP contribution in [0.4, 0.5) is 0 Å². The summed E-state index contributed by atoms with van der Waals surface area (Å²) in [7, 11) is 0.476. The Balaban J connectivity index is 2.05. The first-order chi connectivity index (χ1) is 12.2. The molecule has 1 aromatic heterocycles. The van der Waals surface area contributed by atoms with Crippen molar-refractivity contribution >= 4 is 25.0 Å². The molecule has 1 aromatic rings. The highest BCUT2D eigenvalue weighted by Gasteiger charge is 2.14. The van der Waals surface area contributed by atoms with Gasteiger partial charge in [0.25, 0.3) is 0 Å². The zero-order chi connectivity index (χ0) is 18.3. The van der Waals surface area contributed by atoms with Crippen molar-refractivity contribution in [2.75, 3.05) is 39.6 Å². The van der Waals surface area contributed by atoms with Crippen molar-refractivity contribution in [3.63, 3.8) is 0 Å². The van der Waals surface area contributed by atoms with Crippen molar-refractivity contribution in [1.82, 2.24) is 0 Å². The molecule has 0 unspecified atom stereocenters. The van der Waals surface area contributed by atoms with E-state index in [1.165, 1.54) is 4.88 Å². The minimum Gasteiger partial charge on any atom is -0.481 e. The lowest BCUT2D eigenvalue weighted by Gasteiger charge is -2.14. The van der Waals surface area contributed by atoms with E-state index in [4.69, 9.17) is 34.7 Å². The van der Waals surface area contributed by atoms with Crippen molar-refractivity contribution in [2.45, 2.75) is 25.6 Å². The van der Waals surface area contributed by atoms with E-state index in [0.29, 0.717) is 47.3 Å². The zero-order valence-electron chi connectivity index (χ0n) is 14.1. The van der Waals surface area contributed by atoms with Crippen LogP contribution in [-0.2, 0) is 36.7 Å². The van der Waals surface area contributed by atoms with Crippen LogP contribution in [0.5, 0.6) is 0 Å². The highest BCUT2D eigenvalue weighted by Crippen LogP contribution is 2.17. The Labute approximate surface area is 152 Å². The molecule has 0 bridgehead atoms. The first kappa shape index (κ1) is 22.0. The summed E-state index contributed by atoms with van der Waals surface area (Å²) in [6.07, 6.45) is -0.145. The van der Waals surface area contributed by atoms with E-state index in [2.05, 4.69) is 6.07 Å². The van der Waals surface area contributed by atoms with E-state index in [1.807, 2.05) is 6.07 Å². The van der Waals surface area contributed by atoms with Crippen molar-refractivity contribution < 1.29 is 33.8 Å². The molecule has 0 aromatic carbocycles. The number of carboxylic acid groups (broad SMARTS) is 1. The molecule has 10 heteroatoms. The molecule has 1 heterocycles. The maximum Gasteiger partial charge on any atom is 0.485 e. The Morgan fingerprint density at radius 3 is 2.64 bits per heavy atom. The van der Waals surface area contributed by atoms with Crippen LogP contribution in [0.25, 0.3) is 0 Å². The van der Waals surface area contributed by atoms with Gasteiger partial charge in [-0.15, -0.1) is 11.3 Å². The summed E-state index contributed by atoms with van der Waals surface area (Å²) in [6, 6.07) is 4.10. The fourth-order valence-corrected chi connectivity index (χ4v) is 2.86. The van der Waals surface area contributed by atoms with Crippen molar-refractivity contribution in [2.24, 2.45) is 5.73 Å². The van der Waals surface area contributed by atoms with E-state index in [9.17, 15) is 4.79 Å². The normalized spacial score (nSPS) is 12.2. The third kappa shape index (κ3) is 11.3. The molecule has 0 amide bonds. The van der Waals surface area contributed by atoms with Gasteiger partial charge in [0, 0.05) is 22.7 Å². The minimum atomic E-state index is -1.02. The molecule has 8 nitrogen and oxygen atoms in total. The second-order valence-corrected chi connectivity index (χ2v) is 6.36. The molecule has 0 saturated heterocycles. The van der Waals surface area contributed by atoms with Gasteiger partial charge < -0.3 is 34.7 Å². The van der Waals surface area contributed by atoms with Crippen LogP contribution in [0.3, 0.4) is 0 Å². The van der Waals surface area contributed by atoms with E-state index >= 15 is 0 Å². The summed E-state index contributed by atoms with van der Waals surface area (Å²) in [5.74, 6) is -1.02. The fourth-order valence-electron chi connectivity index (χ4n) is 1.92. The van der Waals surface area contributed by atoms with Gasteiger partial charge in [0.2, 0.25) is 0 Å². The lowest BCUT2D eigenvalue weighted by atomic mass is 10.2. The number of rotatable bonds is 16. The maximum atomic E-state index is 10.6. The predicted octanol–water partition coefficient (Wildman–Crippen LogP) is 0.186. The molecule has 0 fully saturated rings. The molecule has 4 N–H and O–H groups in total. The number of carbonyl (C=O) groups is 1. The van der Waals surface area contributed by atoms with Crippen LogP contribution in [0.1, 0.15) is 16.2 Å². The number of carboxylic acids is 1. The molecule has 141 valence electrons. The molecule has 1 atom stereocenters. The fraction of sp³-hybridized carbons (Fsp3) is 0.667. The van der Waals surface area contributed by atoms with Crippen LogP contribution in [0.15, 0.2) is 12.1 Å². The number of aliphatic carboxylic acids is 1. The van der Waals surface area contributed by atoms with Crippen LogP contribution in [0, 0.1) is 0 Å². The van der Waals surface area contributed by atoms with Gasteiger partial charge in [-0.2, -0.15) is 0 Å². The molecule has 0 spiro atoms. The van der Waals surface area contributed by atoms with Crippen molar-refractivity contribution in [3.8, 4) is 0 Å². The average Bonchev–Trinajstić information content (AvgIpc) is 3.01.